The molecule has 0 unspecified atom stereocenters. The normalized spacial score (nSPS) is 10.1. The molecule has 0 bridgehead atoms. The minimum Gasteiger partial charge on any atom is -0.324 e. The molecular weight excluding hydrogens is 328 g/mol. The standard InChI is InChI=1S/C18H17ClN2O3/c1-12(22)20-16-11-14(19)7-8-15(16)21-18(24)10-9-17(23)13-5-3-2-4-6-13/h2-8,11H,9-10H2,1H3,(H,20,22)(H,21,24). The van der Waals surface area contributed by atoms with Crippen molar-refractivity contribution in [2.75, 3.05) is 10.6 Å². The van der Waals surface area contributed by atoms with Crippen molar-refractivity contribution in [1.82, 2.24) is 0 Å². The summed E-state index contributed by atoms with van der Waals surface area (Å²) in [5.74, 6) is -0.677. The highest BCUT2D eigenvalue weighted by Crippen LogP contribution is 2.26. The van der Waals surface area contributed by atoms with Gasteiger partial charge in [-0.1, -0.05) is 41.9 Å². The smallest absolute Gasteiger partial charge is 0.224 e. The zero-order chi connectivity index (χ0) is 17.5. The summed E-state index contributed by atoms with van der Waals surface area (Å²) in [4.78, 5) is 35.3. The van der Waals surface area contributed by atoms with Crippen molar-refractivity contribution in [2.24, 2.45) is 0 Å². The lowest BCUT2D eigenvalue weighted by molar-refractivity contribution is -0.116. The number of nitrogens with one attached hydrogen (secondary N) is 2. The molecule has 0 radical (unpaired) electrons. The maximum atomic E-state index is 12.1. The molecule has 0 aliphatic rings. The Morgan fingerprint density at radius 3 is 2.29 bits per heavy atom. The molecule has 0 aliphatic heterocycles. The summed E-state index contributed by atoms with van der Waals surface area (Å²) in [6, 6.07) is 13.6. The van der Waals surface area contributed by atoms with Gasteiger partial charge in [-0.2, -0.15) is 0 Å². The van der Waals surface area contributed by atoms with Crippen molar-refractivity contribution >= 4 is 40.6 Å². The zero-order valence-electron chi connectivity index (χ0n) is 13.1. The topological polar surface area (TPSA) is 75.3 Å². The first-order valence-electron chi connectivity index (χ1n) is 7.41. The molecule has 5 nitrogen and oxygen atoms in total. The molecule has 2 aromatic rings. The summed E-state index contributed by atoms with van der Waals surface area (Å²) >= 11 is 5.90. The summed E-state index contributed by atoms with van der Waals surface area (Å²) in [5, 5.41) is 5.73. The van der Waals surface area contributed by atoms with E-state index in [9.17, 15) is 14.4 Å². The molecule has 6 heteroatoms. The number of ketones is 1. The Morgan fingerprint density at radius 1 is 0.917 bits per heavy atom. The minimum absolute atomic E-state index is 0.0515. The van der Waals surface area contributed by atoms with Gasteiger partial charge in [0, 0.05) is 30.4 Å². The maximum Gasteiger partial charge on any atom is 0.224 e. The first-order valence-corrected chi connectivity index (χ1v) is 7.79. The van der Waals surface area contributed by atoms with Crippen LogP contribution in [-0.2, 0) is 9.59 Å². The van der Waals surface area contributed by atoms with Crippen LogP contribution in [0, 0.1) is 0 Å². The summed E-state index contributed by atoms with van der Waals surface area (Å²) < 4.78 is 0. The lowest BCUT2D eigenvalue weighted by Crippen LogP contribution is -2.16. The van der Waals surface area contributed by atoms with Gasteiger partial charge in [-0.05, 0) is 18.2 Å². The highest BCUT2D eigenvalue weighted by molar-refractivity contribution is 6.31. The monoisotopic (exact) mass is 344 g/mol. The second-order valence-electron chi connectivity index (χ2n) is 5.21. The predicted octanol–water partition coefficient (Wildman–Crippen LogP) is 3.90. The van der Waals surface area contributed by atoms with Crippen LogP contribution in [0.4, 0.5) is 11.4 Å². The first-order chi connectivity index (χ1) is 11.5. The second-order valence-corrected chi connectivity index (χ2v) is 5.64. The Labute approximate surface area is 145 Å². The molecule has 124 valence electrons. The van der Waals surface area contributed by atoms with E-state index < -0.39 is 0 Å². The predicted molar refractivity (Wildman–Crippen MR) is 94.4 cm³/mol. The van der Waals surface area contributed by atoms with Crippen LogP contribution in [0.15, 0.2) is 48.5 Å². The molecule has 0 atom stereocenters. The van der Waals surface area contributed by atoms with Gasteiger partial charge in [-0.25, -0.2) is 0 Å². The van der Waals surface area contributed by atoms with E-state index in [0.717, 1.165) is 0 Å². The van der Waals surface area contributed by atoms with Crippen LogP contribution in [0.1, 0.15) is 30.1 Å². The van der Waals surface area contributed by atoms with Crippen molar-refractivity contribution in [1.29, 1.82) is 0 Å². The number of rotatable bonds is 6. The average Bonchev–Trinajstić information content (AvgIpc) is 2.55. The number of amides is 2. The summed E-state index contributed by atoms with van der Waals surface area (Å²) in [5.41, 5.74) is 1.43. The molecule has 0 heterocycles. The fourth-order valence-corrected chi connectivity index (χ4v) is 2.30. The van der Waals surface area contributed by atoms with Crippen LogP contribution in [0.3, 0.4) is 0 Å². The summed E-state index contributed by atoms with van der Waals surface area (Å²) in [6.07, 6.45) is 0.161. The van der Waals surface area contributed by atoms with Crippen molar-refractivity contribution in [3.05, 3.63) is 59.1 Å². The summed E-state index contributed by atoms with van der Waals surface area (Å²) in [6.45, 7) is 1.37. The van der Waals surface area contributed by atoms with Crippen LogP contribution in [-0.4, -0.2) is 17.6 Å². The molecule has 2 N–H and O–H groups in total. The third kappa shape index (κ3) is 5.21. The summed E-state index contributed by atoms with van der Waals surface area (Å²) in [7, 11) is 0. The van der Waals surface area contributed by atoms with Gasteiger partial charge in [-0.15, -0.1) is 0 Å². The fourth-order valence-electron chi connectivity index (χ4n) is 2.13. The van der Waals surface area contributed by atoms with Gasteiger partial charge in [0.25, 0.3) is 0 Å². The molecule has 2 rings (SSSR count). The van der Waals surface area contributed by atoms with Crippen molar-refractivity contribution < 1.29 is 14.4 Å². The van der Waals surface area contributed by atoms with Gasteiger partial charge >= 0.3 is 0 Å². The molecule has 0 saturated carbocycles. The maximum absolute atomic E-state index is 12.1. The van der Waals surface area contributed by atoms with Gasteiger partial charge < -0.3 is 10.6 Å². The lowest BCUT2D eigenvalue weighted by Gasteiger charge is -2.12. The van der Waals surface area contributed by atoms with Crippen LogP contribution in [0.25, 0.3) is 0 Å². The van der Waals surface area contributed by atoms with E-state index in [1.807, 2.05) is 6.07 Å². The number of hydrogen-bond acceptors (Lipinski definition) is 3. The number of Topliss-reactive ketones (excluding diaryl/α,β-unsaturated/α-hetero) is 1. The zero-order valence-corrected chi connectivity index (χ0v) is 13.9. The Morgan fingerprint density at radius 2 is 1.62 bits per heavy atom. The molecular formula is C18H17ClN2O3. The van der Waals surface area contributed by atoms with Gasteiger partial charge in [0.15, 0.2) is 5.78 Å². The van der Waals surface area contributed by atoms with E-state index in [2.05, 4.69) is 10.6 Å². The molecule has 2 aromatic carbocycles. The largest absolute Gasteiger partial charge is 0.324 e. The van der Waals surface area contributed by atoms with Crippen LogP contribution in [0.5, 0.6) is 0 Å². The van der Waals surface area contributed by atoms with Crippen LogP contribution >= 0.6 is 11.6 Å². The Hall–Kier alpha value is -2.66. The fraction of sp³-hybridized carbons (Fsp3) is 0.167. The van der Waals surface area contributed by atoms with Gasteiger partial charge in [-0.3, -0.25) is 14.4 Å². The molecule has 0 aromatic heterocycles. The quantitative estimate of drug-likeness (QED) is 0.780. The van der Waals surface area contributed by atoms with Crippen molar-refractivity contribution in [3.8, 4) is 0 Å². The van der Waals surface area contributed by atoms with Crippen LogP contribution in [0.2, 0.25) is 5.02 Å². The SMILES string of the molecule is CC(=O)Nc1cc(Cl)ccc1NC(=O)CCC(=O)c1ccccc1. The third-order valence-electron chi connectivity index (χ3n) is 3.24. The number of benzene rings is 2. The van der Waals surface area contributed by atoms with Crippen LogP contribution < -0.4 is 10.6 Å². The van der Waals surface area contributed by atoms with Gasteiger partial charge in [0.05, 0.1) is 11.4 Å². The minimum atomic E-state index is -0.312. The Balaban J connectivity index is 1.97. The Kier molecular flexibility index (Phi) is 6.09. The lowest BCUT2D eigenvalue weighted by atomic mass is 10.1. The van der Waals surface area contributed by atoms with E-state index in [1.165, 1.54) is 6.92 Å². The second kappa shape index (κ2) is 8.26. The van der Waals surface area contributed by atoms with E-state index >= 15 is 0 Å². The first kappa shape index (κ1) is 17.7. The average molecular weight is 345 g/mol. The van der Waals surface area contributed by atoms with Crippen molar-refractivity contribution in [3.63, 3.8) is 0 Å². The Bertz CT molecular complexity index is 760. The number of carbonyl (C=O) groups excluding carboxylic acids is 3. The highest BCUT2D eigenvalue weighted by atomic mass is 35.5. The number of anilines is 2. The third-order valence-corrected chi connectivity index (χ3v) is 3.48. The van der Waals surface area contributed by atoms with Gasteiger partial charge in [0.1, 0.15) is 0 Å². The van der Waals surface area contributed by atoms with E-state index in [1.54, 1.807) is 42.5 Å². The van der Waals surface area contributed by atoms with E-state index in [0.29, 0.717) is 22.0 Å². The molecule has 0 aliphatic carbocycles. The molecule has 24 heavy (non-hydrogen) atoms. The highest BCUT2D eigenvalue weighted by Gasteiger charge is 2.12. The molecule has 0 saturated heterocycles. The van der Waals surface area contributed by atoms with Gasteiger partial charge in [0.2, 0.25) is 11.8 Å². The molecule has 0 fully saturated rings. The molecule has 0 spiro atoms. The number of hydrogen-bond donors (Lipinski definition) is 2. The van der Waals surface area contributed by atoms with Crippen molar-refractivity contribution in [2.45, 2.75) is 19.8 Å². The van der Waals surface area contributed by atoms with E-state index in [4.69, 9.17) is 11.6 Å². The number of halogens is 1. The number of carbonyl (C=O) groups is 3. The molecule has 2 amide bonds. The van der Waals surface area contributed by atoms with E-state index in [-0.39, 0.29) is 30.4 Å².